The van der Waals surface area contributed by atoms with E-state index in [2.05, 4.69) is 14.5 Å². The van der Waals surface area contributed by atoms with Crippen LogP contribution >= 0.6 is 11.6 Å². The SMILES string of the molecule is COC(=O)Cc1c(OC)ncc(OC(F)(F)F)c1CCl. The van der Waals surface area contributed by atoms with E-state index in [-0.39, 0.29) is 29.3 Å². The Labute approximate surface area is 117 Å². The summed E-state index contributed by atoms with van der Waals surface area (Å²) in [5, 5.41) is 0. The number of pyridine rings is 1. The number of aromatic nitrogens is 1. The van der Waals surface area contributed by atoms with Gasteiger partial charge in [0.15, 0.2) is 5.75 Å². The second-order valence-electron chi connectivity index (χ2n) is 3.52. The molecule has 1 heterocycles. The Bertz CT molecular complexity index is 493. The van der Waals surface area contributed by atoms with Crippen molar-refractivity contribution in [3.8, 4) is 11.6 Å². The van der Waals surface area contributed by atoms with Crippen molar-refractivity contribution in [2.24, 2.45) is 0 Å². The van der Waals surface area contributed by atoms with Crippen molar-refractivity contribution in [2.75, 3.05) is 14.2 Å². The first-order chi connectivity index (χ1) is 9.32. The number of esters is 1. The summed E-state index contributed by atoms with van der Waals surface area (Å²) in [6.07, 6.45) is -4.38. The molecule has 0 aromatic carbocycles. The van der Waals surface area contributed by atoms with Gasteiger partial charge in [-0.25, -0.2) is 4.98 Å². The molecule has 0 bridgehead atoms. The molecule has 0 aliphatic carbocycles. The zero-order valence-corrected chi connectivity index (χ0v) is 11.3. The smallest absolute Gasteiger partial charge is 0.481 e. The maximum Gasteiger partial charge on any atom is 0.573 e. The number of carbonyl (C=O) groups excluding carboxylic acids is 1. The van der Waals surface area contributed by atoms with Crippen molar-refractivity contribution in [1.82, 2.24) is 4.98 Å². The zero-order valence-electron chi connectivity index (χ0n) is 10.6. The molecule has 0 amide bonds. The molecule has 0 N–H and O–H groups in total. The van der Waals surface area contributed by atoms with Crippen molar-refractivity contribution >= 4 is 17.6 Å². The molecular weight excluding hydrogens is 303 g/mol. The van der Waals surface area contributed by atoms with E-state index < -0.39 is 18.1 Å². The maximum atomic E-state index is 12.3. The Morgan fingerprint density at radius 1 is 1.35 bits per heavy atom. The van der Waals surface area contributed by atoms with Gasteiger partial charge in [-0.05, 0) is 0 Å². The first kappa shape index (κ1) is 16.4. The molecule has 0 unspecified atom stereocenters. The molecular formula is C11H11ClF3NO4. The van der Waals surface area contributed by atoms with Gasteiger partial charge in [-0.1, -0.05) is 0 Å². The Balaban J connectivity index is 3.28. The predicted octanol–water partition coefficient (Wildman–Crippen LogP) is 2.44. The van der Waals surface area contributed by atoms with E-state index in [1.54, 1.807) is 0 Å². The summed E-state index contributed by atoms with van der Waals surface area (Å²) >= 11 is 5.64. The summed E-state index contributed by atoms with van der Waals surface area (Å²) in [6.45, 7) is 0. The van der Waals surface area contributed by atoms with Crippen molar-refractivity contribution < 1.29 is 32.2 Å². The molecule has 20 heavy (non-hydrogen) atoms. The van der Waals surface area contributed by atoms with Gasteiger partial charge in [0.05, 0.1) is 32.7 Å². The van der Waals surface area contributed by atoms with Gasteiger partial charge in [-0.2, -0.15) is 0 Å². The number of hydrogen-bond acceptors (Lipinski definition) is 5. The Morgan fingerprint density at radius 3 is 2.45 bits per heavy atom. The predicted molar refractivity (Wildman–Crippen MR) is 62.7 cm³/mol. The van der Waals surface area contributed by atoms with Crippen LogP contribution in [0.2, 0.25) is 0 Å². The summed E-state index contributed by atoms with van der Waals surface area (Å²) in [7, 11) is 2.42. The molecule has 0 aliphatic heterocycles. The van der Waals surface area contributed by atoms with E-state index in [1.807, 2.05) is 0 Å². The number of halogens is 4. The second-order valence-corrected chi connectivity index (χ2v) is 3.79. The quantitative estimate of drug-likeness (QED) is 0.617. The highest BCUT2D eigenvalue weighted by Crippen LogP contribution is 2.33. The topological polar surface area (TPSA) is 57.7 Å². The first-order valence-electron chi connectivity index (χ1n) is 5.25. The number of ether oxygens (including phenoxy) is 3. The number of hydrogen-bond donors (Lipinski definition) is 0. The van der Waals surface area contributed by atoms with Crippen molar-refractivity contribution in [3.63, 3.8) is 0 Å². The lowest BCUT2D eigenvalue weighted by Crippen LogP contribution is -2.19. The number of rotatable bonds is 5. The van der Waals surface area contributed by atoms with E-state index in [9.17, 15) is 18.0 Å². The third-order valence-corrected chi connectivity index (χ3v) is 2.59. The van der Waals surface area contributed by atoms with Crippen molar-refractivity contribution in [3.05, 3.63) is 17.3 Å². The summed E-state index contributed by atoms with van der Waals surface area (Å²) in [5.41, 5.74) is 0.0670. The molecule has 0 aliphatic rings. The molecule has 0 atom stereocenters. The van der Waals surface area contributed by atoms with Crippen LogP contribution in [0.15, 0.2) is 6.20 Å². The van der Waals surface area contributed by atoms with Gasteiger partial charge < -0.3 is 14.2 Å². The standard InChI is InChI=1S/C11H11ClF3NO4/c1-18-9(17)3-6-7(4-12)8(20-11(13,14)15)5-16-10(6)19-2/h5H,3-4H2,1-2H3. The number of methoxy groups -OCH3 is 2. The minimum Gasteiger partial charge on any atom is -0.481 e. The summed E-state index contributed by atoms with van der Waals surface area (Å²) in [4.78, 5) is 15.0. The fourth-order valence-corrected chi connectivity index (χ4v) is 1.78. The van der Waals surface area contributed by atoms with Gasteiger partial charge in [-0.15, -0.1) is 24.8 Å². The Hall–Kier alpha value is -1.70. The van der Waals surface area contributed by atoms with E-state index in [0.29, 0.717) is 0 Å². The number of alkyl halides is 4. The lowest BCUT2D eigenvalue weighted by atomic mass is 10.1. The average Bonchev–Trinajstić information content (AvgIpc) is 2.37. The molecule has 112 valence electrons. The number of nitrogens with zero attached hydrogens (tertiary/aromatic N) is 1. The highest BCUT2D eigenvalue weighted by Gasteiger charge is 2.33. The summed E-state index contributed by atoms with van der Waals surface area (Å²) < 4.78 is 50.0. The third-order valence-electron chi connectivity index (χ3n) is 2.32. The van der Waals surface area contributed by atoms with Crippen LogP contribution in [-0.4, -0.2) is 31.5 Å². The van der Waals surface area contributed by atoms with Crippen LogP contribution in [0.4, 0.5) is 13.2 Å². The highest BCUT2D eigenvalue weighted by atomic mass is 35.5. The monoisotopic (exact) mass is 313 g/mol. The second kappa shape index (κ2) is 6.65. The van der Waals surface area contributed by atoms with Crippen LogP contribution in [0.5, 0.6) is 11.6 Å². The molecule has 0 fully saturated rings. The van der Waals surface area contributed by atoms with Crippen LogP contribution in [0.3, 0.4) is 0 Å². The number of carbonyl (C=O) groups is 1. The Morgan fingerprint density at radius 2 is 2.00 bits per heavy atom. The van der Waals surface area contributed by atoms with Gasteiger partial charge >= 0.3 is 12.3 Å². The summed E-state index contributed by atoms with van der Waals surface area (Å²) in [5.74, 6) is -1.57. The minimum atomic E-state index is -4.89. The van der Waals surface area contributed by atoms with E-state index in [4.69, 9.17) is 16.3 Å². The van der Waals surface area contributed by atoms with Crippen LogP contribution in [-0.2, 0) is 21.8 Å². The normalized spacial score (nSPS) is 11.1. The molecule has 0 spiro atoms. The van der Waals surface area contributed by atoms with E-state index >= 15 is 0 Å². The minimum absolute atomic E-state index is 0.0134. The van der Waals surface area contributed by atoms with Crippen LogP contribution in [0.1, 0.15) is 11.1 Å². The van der Waals surface area contributed by atoms with Gasteiger partial charge in [0.1, 0.15) is 0 Å². The fourth-order valence-electron chi connectivity index (χ4n) is 1.48. The molecule has 9 heteroatoms. The lowest BCUT2D eigenvalue weighted by Gasteiger charge is -2.16. The average molecular weight is 314 g/mol. The molecule has 1 aromatic rings. The Kier molecular flexibility index (Phi) is 5.43. The van der Waals surface area contributed by atoms with Crippen LogP contribution in [0, 0.1) is 0 Å². The fraction of sp³-hybridized carbons (Fsp3) is 0.455. The molecule has 0 radical (unpaired) electrons. The third kappa shape index (κ3) is 4.16. The first-order valence-corrected chi connectivity index (χ1v) is 5.79. The van der Waals surface area contributed by atoms with E-state index in [0.717, 1.165) is 13.3 Å². The van der Waals surface area contributed by atoms with Crippen LogP contribution in [0.25, 0.3) is 0 Å². The largest absolute Gasteiger partial charge is 0.573 e. The van der Waals surface area contributed by atoms with Crippen molar-refractivity contribution in [1.29, 1.82) is 0 Å². The van der Waals surface area contributed by atoms with Gasteiger partial charge in [0.25, 0.3) is 0 Å². The highest BCUT2D eigenvalue weighted by molar-refractivity contribution is 6.17. The van der Waals surface area contributed by atoms with E-state index in [1.165, 1.54) is 7.11 Å². The van der Waals surface area contributed by atoms with Gasteiger partial charge in [0, 0.05) is 11.1 Å². The molecule has 5 nitrogen and oxygen atoms in total. The summed E-state index contributed by atoms with van der Waals surface area (Å²) in [6, 6.07) is 0. The molecule has 0 saturated carbocycles. The zero-order chi connectivity index (χ0) is 15.3. The molecule has 1 rings (SSSR count). The van der Waals surface area contributed by atoms with Gasteiger partial charge in [0.2, 0.25) is 5.88 Å². The van der Waals surface area contributed by atoms with Gasteiger partial charge in [-0.3, -0.25) is 4.79 Å². The molecule has 0 saturated heterocycles. The van der Waals surface area contributed by atoms with Crippen molar-refractivity contribution in [2.45, 2.75) is 18.7 Å². The maximum absolute atomic E-state index is 12.3. The molecule has 1 aromatic heterocycles. The van der Waals surface area contributed by atoms with Crippen LogP contribution < -0.4 is 9.47 Å². The lowest BCUT2D eigenvalue weighted by molar-refractivity contribution is -0.275.